The van der Waals surface area contributed by atoms with Gasteiger partial charge in [0.05, 0.1) is 6.54 Å². The molecule has 0 aliphatic carbocycles. The highest BCUT2D eigenvalue weighted by atomic mass is 16.6. The molecule has 3 aliphatic rings. The number of benzene rings is 2. The number of aryl methyl sites for hydroxylation is 1. The number of hydrogen-bond acceptors (Lipinski definition) is 6. The molecule has 3 heterocycles. The number of hydrazine groups is 1. The van der Waals surface area contributed by atoms with Crippen molar-refractivity contribution in [3.63, 3.8) is 0 Å². The van der Waals surface area contributed by atoms with Crippen LogP contribution in [0, 0.1) is 0 Å². The van der Waals surface area contributed by atoms with Crippen molar-refractivity contribution in [2.75, 3.05) is 26.3 Å². The standard InChI is InChI=1S/C26H30N4O5/c1-26(12-11-18-6-3-2-4-7-18)24(32)30(25(33)27-26)28-23(31)17-29-13-5-8-20(29)19-9-10-21-22(16-19)35-15-14-34-21/h2-4,6-7,9-10,16,20H,5,8,11-15,17H2,1H3,(H,27,33)(H,28,31)/t20-,26+/m1/s1. The molecule has 2 saturated heterocycles. The Morgan fingerprint density at radius 2 is 1.89 bits per heavy atom. The second-order valence-electron chi connectivity index (χ2n) is 9.45. The second-order valence-corrected chi connectivity index (χ2v) is 9.45. The van der Waals surface area contributed by atoms with Gasteiger partial charge in [-0.2, -0.15) is 5.01 Å². The summed E-state index contributed by atoms with van der Waals surface area (Å²) in [5.41, 5.74) is 3.60. The van der Waals surface area contributed by atoms with Crippen molar-refractivity contribution in [3.05, 3.63) is 59.7 Å². The maximum absolute atomic E-state index is 13.0. The van der Waals surface area contributed by atoms with Gasteiger partial charge >= 0.3 is 6.03 Å². The number of hydrogen-bond donors (Lipinski definition) is 2. The number of nitrogens with zero attached hydrogens (tertiary/aromatic N) is 2. The van der Waals surface area contributed by atoms with E-state index in [1.807, 2.05) is 48.5 Å². The Balaban J connectivity index is 1.20. The third kappa shape index (κ3) is 4.81. The van der Waals surface area contributed by atoms with Crippen LogP contribution >= 0.6 is 0 Å². The third-order valence-corrected chi connectivity index (χ3v) is 6.92. The van der Waals surface area contributed by atoms with E-state index in [0.29, 0.717) is 26.1 Å². The summed E-state index contributed by atoms with van der Waals surface area (Å²) in [5.74, 6) is 0.608. The minimum absolute atomic E-state index is 0.0517. The number of imide groups is 1. The fourth-order valence-electron chi connectivity index (χ4n) is 5.00. The van der Waals surface area contributed by atoms with Gasteiger partial charge in [-0.3, -0.25) is 19.9 Å². The topological polar surface area (TPSA) is 100 Å². The van der Waals surface area contributed by atoms with Crippen LogP contribution in [0.15, 0.2) is 48.5 Å². The molecule has 9 heteroatoms. The van der Waals surface area contributed by atoms with Gasteiger partial charge in [0.15, 0.2) is 11.5 Å². The Labute approximate surface area is 204 Å². The Morgan fingerprint density at radius 3 is 2.69 bits per heavy atom. The van der Waals surface area contributed by atoms with Crippen molar-refractivity contribution in [2.45, 2.75) is 44.2 Å². The number of likely N-dealkylation sites (tertiary alicyclic amines) is 1. The lowest BCUT2D eigenvalue weighted by atomic mass is 9.93. The molecule has 35 heavy (non-hydrogen) atoms. The van der Waals surface area contributed by atoms with E-state index in [9.17, 15) is 14.4 Å². The van der Waals surface area contributed by atoms with Crippen LogP contribution in [0.5, 0.6) is 11.5 Å². The van der Waals surface area contributed by atoms with E-state index in [4.69, 9.17) is 9.47 Å². The van der Waals surface area contributed by atoms with Crippen molar-refractivity contribution in [1.82, 2.24) is 20.7 Å². The molecular weight excluding hydrogens is 448 g/mol. The van der Waals surface area contributed by atoms with Crippen molar-refractivity contribution in [3.8, 4) is 11.5 Å². The molecular formula is C26H30N4O5. The average molecular weight is 479 g/mol. The molecule has 2 atom stereocenters. The zero-order valence-electron chi connectivity index (χ0n) is 19.8. The maximum Gasteiger partial charge on any atom is 0.344 e. The van der Waals surface area contributed by atoms with Crippen LogP contribution in [0.3, 0.4) is 0 Å². The Bertz CT molecular complexity index is 1120. The minimum atomic E-state index is -1.07. The van der Waals surface area contributed by atoms with Crippen LogP contribution in [0.2, 0.25) is 0 Å². The summed E-state index contributed by atoms with van der Waals surface area (Å²) < 4.78 is 11.3. The molecule has 0 bridgehead atoms. The summed E-state index contributed by atoms with van der Waals surface area (Å²) in [6.45, 7) is 3.58. The number of fused-ring (bicyclic) bond motifs is 1. The fourth-order valence-corrected chi connectivity index (χ4v) is 5.00. The van der Waals surface area contributed by atoms with Gasteiger partial charge in [0, 0.05) is 6.04 Å². The molecule has 2 N–H and O–H groups in total. The van der Waals surface area contributed by atoms with Crippen molar-refractivity contribution >= 4 is 17.8 Å². The summed E-state index contributed by atoms with van der Waals surface area (Å²) in [4.78, 5) is 40.5. The van der Waals surface area contributed by atoms with E-state index in [2.05, 4.69) is 15.6 Å². The van der Waals surface area contributed by atoms with Gasteiger partial charge in [-0.25, -0.2) is 4.79 Å². The van der Waals surface area contributed by atoms with Gasteiger partial charge < -0.3 is 14.8 Å². The summed E-state index contributed by atoms with van der Waals surface area (Å²) in [5, 5.41) is 3.57. The first kappa shape index (κ1) is 23.2. The quantitative estimate of drug-likeness (QED) is 0.594. The van der Waals surface area contributed by atoms with Crippen LogP contribution in [0.25, 0.3) is 0 Å². The largest absolute Gasteiger partial charge is 0.486 e. The number of amides is 4. The molecule has 0 saturated carbocycles. The summed E-state index contributed by atoms with van der Waals surface area (Å²) >= 11 is 0. The lowest BCUT2D eigenvalue weighted by Gasteiger charge is -2.27. The van der Waals surface area contributed by atoms with Crippen LogP contribution in [-0.4, -0.2) is 59.6 Å². The molecule has 0 unspecified atom stereocenters. The molecule has 4 amide bonds. The number of ether oxygens (including phenoxy) is 2. The van der Waals surface area contributed by atoms with Gasteiger partial charge in [-0.15, -0.1) is 0 Å². The normalized spacial score (nSPS) is 23.9. The average Bonchev–Trinajstić information content (AvgIpc) is 3.41. The molecule has 0 aromatic heterocycles. The third-order valence-electron chi connectivity index (χ3n) is 6.92. The van der Waals surface area contributed by atoms with Gasteiger partial charge in [0.25, 0.3) is 11.8 Å². The molecule has 0 spiro atoms. The van der Waals surface area contributed by atoms with Crippen LogP contribution in [0.4, 0.5) is 4.79 Å². The summed E-state index contributed by atoms with van der Waals surface area (Å²) in [7, 11) is 0. The number of carbonyl (C=O) groups is 3. The number of nitrogens with one attached hydrogen (secondary N) is 2. The van der Waals surface area contributed by atoms with E-state index in [1.165, 1.54) is 0 Å². The van der Waals surface area contributed by atoms with Crippen molar-refractivity contribution < 1.29 is 23.9 Å². The summed E-state index contributed by atoms with van der Waals surface area (Å²) in [6, 6.07) is 15.1. The minimum Gasteiger partial charge on any atom is -0.486 e. The molecule has 5 rings (SSSR count). The maximum atomic E-state index is 13.0. The molecule has 9 nitrogen and oxygen atoms in total. The number of rotatable bonds is 7. The van der Waals surface area contributed by atoms with Gasteiger partial charge in [0.1, 0.15) is 18.8 Å². The van der Waals surface area contributed by atoms with Gasteiger partial charge in [0.2, 0.25) is 0 Å². The van der Waals surface area contributed by atoms with Crippen molar-refractivity contribution in [2.24, 2.45) is 0 Å². The molecule has 2 aromatic rings. The number of carbonyl (C=O) groups excluding carboxylic acids is 3. The second kappa shape index (κ2) is 9.58. The van der Waals surface area contributed by atoms with E-state index < -0.39 is 23.4 Å². The first-order chi connectivity index (χ1) is 16.9. The first-order valence-corrected chi connectivity index (χ1v) is 12.1. The highest BCUT2D eigenvalue weighted by molar-refractivity contribution is 6.07. The fraction of sp³-hybridized carbons (Fsp3) is 0.423. The van der Waals surface area contributed by atoms with E-state index in [1.54, 1.807) is 6.92 Å². The predicted molar refractivity (Wildman–Crippen MR) is 128 cm³/mol. The first-order valence-electron chi connectivity index (χ1n) is 12.1. The van der Waals surface area contributed by atoms with Gasteiger partial charge in [-0.05, 0) is 62.4 Å². The molecule has 2 fully saturated rings. The lowest BCUT2D eigenvalue weighted by Crippen LogP contribution is -2.51. The van der Waals surface area contributed by atoms with Crippen LogP contribution in [-0.2, 0) is 16.0 Å². The molecule has 2 aromatic carbocycles. The van der Waals surface area contributed by atoms with E-state index >= 15 is 0 Å². The lowest BCUT2D eigenvalue weighted by molar-refractivity contribution is -0.139. The van der Waals surface area contributed by atoms with Crippen molar-refractivity contribution in [1.29, 1.82) is 0 Å². The zero-order valence-corrected chi connectivity index (χ0v) is 19.8. The molecule has 3 aliphatic heterocycles. The Morgan fingerprint density at radius 1 is 1.11 bits per heavy atom. The van der Waals surface area contributed by atoms with Gasteiger partial charge in [-0.1, -0.05) is 36.4 Å². The smallest absolute Gasteiger partial charge is 0.344 e. The highest BCUT2D eigenvalue weighted by Crippen LogP contribution is 2.37. The SMILES string of the molecule is C[C@@]1(CCc2ccccc2)NC(=O)N(NC(=O)CN2CCC[C@@H]2c2ccc3c(c2)OCCO3)C1=O. The highest BCUT2D eigenvalue weighted by Gasteiger charge is 2.48. The van der Waals surface area contributed by atoms with Crippen LogP contribution in [0.1, 0.15) is 43.4 Å². The predicted octanol–water partition coefficient (Wildman–Crippen LogP) is 2.57. The Kier molecular flexibility index (Phi) is 6.34. The summed E-state index contributed by atoms with van der Waals surface area (Å²) in [6.07, 6.45) is 2.93. The van der Waals surface area contributed by atoms with E-state index in [0.717, 1.165) is 47.0 Å². The van der Waals surface area contributed by atoms with Crippen LogP contribution < -0.4 is 20.2 Å². The Hall–Kier alpha value is -3.59. The number of urea groups is 1. The molecule has 0 radical (unpaired) electrons. The van der Waals surface area contributed by atoms with E-state index in [-0.39, 0.29) is 12.6 Å². The molecule has 184 valence electrons. The zero-order chi connectivity index (χ0) is 24.4. The monoisotopic (exact) mass is 478 g/mol.